The number of aryl methyl sites for hydroxylation is 1. The van der Waals surface area contributed by atoms with Crippen LogP contribution in [0.3, 0.4) is 0 Å². The Kier molecular flexibility index (Phi) is 5.70. The van der Waals surface area contributed by atoms with Gasteiger partial charge in [0.05, 0.1) is 18.1 Å². The van der Waals surface area contributed by atoms with E-state index in [-0.39, 0.29) is 11.7 Å². The van der Waals surface area contributed by atoms with Crippen LogP contribution in [0.2, 0.25) is 0 Å². The first-order valence-corrected chi connectivity index (χ1v) is 7.78. The van der Waals surface area contributed by atoms with Crippen LogP contribution in [0, 0.1) is 17.0 Å². The fraction of sp³-hybridized carbons (Fsp3) is 0.235. The highest BCUT2D eigenvalue weighted by Crippen LogP contribution is 2.26. The summed E-state index contributed by atoms with van der Waals surface area (Å²) in [6, 6.07) is 12.0. The molecule has 0 fully saturated rings. The summed E-state index contributed by atoms with van der Waals surface area (Å²) >= 11 is 5.31. The van der Waals surface area contributed by atoms with E-state index in [1.807, 2.05) is 32.0 Å². The summed E-state index contributed by atoms with van der Waals surface area (Å²) in [4.78, 5) is 10.2. The first kappa shape index (κ1) is 17.7. The van der Waals surface area contributed by atoms with Gasteiger partial charge in [-0.2, -0.15) is 0 Å². The van der Waals surface area contributed by atoms with Gasteiger partial charge in [0, 0.05) is 23.4 Å². The number of nitro groups is 1. The third-order valence-electron chi connectivity index (χ3n) is 3.54. The molecule has 24 heavy (non-hydrogen) atoms. The number of nitro benzene ring substituents is 1. The van der Waals surface area contributed by atoms with Gasteiger partial charge in [-0.05, 0) is 44.3 Å². The van der Waals surface area contributed by atoms with Crippen LogP contribution in [0.25, 0.3) is 0 Å². The minimum atomic E-state index is -0.438. The molecule has 0 aliphatic carbocycles. The summed E-state index contributed by atoms with van der Waals surface area (Å²) in [5.41, 5.74) is 2.86. The number of non-ortho nitro benzene ring substituents is 1. The lowest BCUT2D eigenvalue weighted by Crippen LogP contribution is -2.31. The normalized spacial score (nSPS) is 11.5. The molecule has 2 N–H and O–H groups in total. The Bertz CT molecular complexity index is 747. The zero-order valence-corrected chi connectivity index (χ0v) is 14.5. The van der Waals surface area contributed by atoms with Crippen LogP contribution in [0.1, 0.15) is 24.1 Å². The maximum absolute atomic E-state index is 10.7. The van der Waals surface area contributed by atoms with Gasteiger partial charge in [0.15, 0.2) is 5.11 Å². The lowest BCUT2D eigenvalue weighted by molar-refractivity contribution is -0.384. The van der Waals surface area contributed by atoms with E-state index in [0.717, 1.165) is 16.9 Å². The standard InChI is InChI=1S/C17H19N3O3S/c1-11-4-9-16(23-3)15(10-11)12(2)18-17(24)19-13-5-7-14(8-6-13)20(21)22/h4-10,12H,1-3H3,(H2,18,19,24)/t12-/m1/s1. The molecule has 0 unspecified atom stereocenters. The molecule has 2 aromatic carbocycles. The van der Waals surface area contributed by atoms with Crippen molar-refractivity contribution >= 4 is 28.7 Å². The second-order valence-electron chi connectivity index (χ2n) is 5.37. The lowest BCUT2D eigenvalue weighted by atomic mass is 10.0. The molecule has 1 atom stereocenters. The summed E-state index contributed by atoms with van der Waals surface area (Å²) in [6.45, 7) is 4.00. The quantitative estimate of drug-likeness (QED) is 0.485. The van der Waals surface area contributed by atoms with Crippen LogP contribution in [-0.4, -0.2) is 17.1 Å². The van der Waals surface area contributed by atoms with Gasteiger partial charge in [0.1, 0.15) is 5.75 Å². The summed E-state index contributed by atoms with van der Waals surface area (Å²) in [7, 11) is 1.63. The van der Waals surface area contributed by atoms with E-state index in [1.165, 1.54) is 12.1 Å². The molecule has 7 heteroatoms. The predicted octanol–water partition coefficient (Wildman–Crippen LogP) is 3.96. The summed E-state index contributed by atoms with van der Waals surface area (Å²) < 4.78 is 5.39. The van der Waals surface area contributed by atoms with Crippen molar-refractivity contribution in [3.05, 3.63) is 63.7 Å². The maximum atomic E-state index is 10.7. The molecule has 0 aliphatic heterocycles. The van der Waals surface area contributed by atoms with Gasteiger partial charge in [-0.25, -0.2) is 0 Å². The van der Waals surface area contributed by atoms with E-state index in [9.17, 15) is 10.1 Å². The number of thiocarbonyl (C=S) groups is 1. The zero-order chi connectivity index (χ0) is 17.7. The molecule has 0 heterocycles. The van der Waals surface area contributed by atoms with Gasteiger partial charge in [0.25, 0.3) is 5.69 Å². The van der Waals surface area contributed by atoms with Crippen LogP contribution in [0.4, 0.5) is 11.4 Å². The Hall–Kier alpha value is -2.67. The van der Waals surface area contributed by atoms with Gasteiger partial charge in [-0.3, -0.25) is 10.1 Å². The largest absolute Gasteiger partial charge is 0.496 e. The molecule has 2 aromatic rings. The van der Waals surface area contributed by atoms with Crippen molar-refractivity contribution in [2.45, 2.75) is 19.9 Å². The second kappa shape index (κ2) is 7.74. The molecule has 0 bridgehead atoms. The van der Waals surface area contributed by atoms with E-state index < -0.39 is 4.92 Å². The molecule has 0 saturated heterocycles. The Morgan fingerprint density at radius 3 is 2.50 bits per heavy atom. The van der Waals surface area contributed by atoms with Crippen molar-refractivity contribution in [2.75, 3.05) is 12.4 Å². The molecular formula is C17H19N3O3S. The number of benzene rings is 2. The average molecular weight is 345 g/mol. The number of nitrogens with zero attached hydrogens (tertiary/aromatic N) is 1. The third-order valence-corrected chi connectivity index (χ3v) is 3.76. The molecule has 126 valence electrons. The average Bonchev–Trinajstić information content (AvgIpc) is 2.55. The number of rotatable bonds is 5. The molecule has 0 aliphatic rings. The molecule has 2 rings (SSSR count). The van der Waals surface area contributed by atoms with Crippen LogP contribution in [0.5, 0.6) is 5.75 Å². The number of nitrogens with one attached hydrogen (secondary N) is 2. The minimum absolute atomic E-state index is 0.0392. The SMILES string of the molecule is COc1ccc(C)cc1[C@@H](C)NC(=S)Nc1ccc([N+](=O)[O-])cc1. The van der Waals surface area contributed by atoms with Crippen molar-refractivity contribution in [3.63, 3.8) is 0 Å². The molecule has 0 amide bonds. The molecule has 0 spiro atoms. The predicted molar refractivity (Wildman–Crippen MR) is 98.6 cm³/mol. The van der Waals surface area contributed by atoms with Crippen LogP contribution < -0.4 is 15.4 Å². The molecular weight excluding hydrogens is 326 g/mol. The molecule has 6 nitrogen and oxygen atoms in total. The summed E-state index contributed by atoms with van der Waals surface area (Å²) in [5, 5.41) is 17.3. The Labute approximate surface area is 146 Å². The Morgan fingerprint density at radius 2 is 1.92 bits per heavy atom. The number of hydrogen-bond acceptors (Lipinski definition) is 4. The minimum Gasteiger partial charge on any atom is -0.496 e. The maximum Gasteiger partial charge on any atom is 0.269 e. The molecule has 0 saturated carbocycles. The number of anilines is 1. The highest BCUT2D eigenvalue weighted by atomic mass is 32.1. The summed E-state index contributed by atoms with van der Waals surface area (Å²) in [5.74, 6) is 0.790. The first-order valence-electron chi connectivity index (χ1n) is 7.37. The van der Waals surface area contributed by atoms with E-state index in [2.05, 4.69) is 10.6 Å². The van der Waals surface area contributed by atoms with Crippen molar-refractivity contribution in [3.8, 4) is 5.75 Å². The van der Waals surface area contributed by atoms with Crippen molar-refractivity contribution < 1.29 is 9.66 Å². The van der Waals surface area contributed by atoms with Gasteiger partial charge < -0.3 is 15.4 Å². The first-order chi connectivity index (χ1) is 11.4. The molecule has 0 radical (unpaired) electrons. The second-order valence-corrected chi connectivity index (χ2v) is 5.78. The Balaban J connectivity index is 2.04. The van der Waals surface area contributed by atoms with E-state index in [4.69, 9.17) is 17.0 Å². The smallest absolute Gasteiger partial charge is 0.269 e. The third kappa shape index (κ3) is 4.42. The lowest BCUT2D eigenvalue weighted by Gasteiger charge is -2.20. The highest BCUT2D eigenvalue weighted by Gasteiger charge is 2.13. The van der Waals surface area contributed by atoms with Gasteiger partial charge in [0.2, 0.25) is 0 Å². The van der Waals surface area contributed by atoms with Crippen molar-refractivity contribution in [2.24, 2.45) is 0 Å². The highest BCUT2D eigenvalue weighted by molar-refractivity contribution is 7.80. The van der Waals surface area contributed by atoms with Crippen molar-refractivity contribution in [1.29, 1.82) is 0 Å². The van der Waals surface area contributed by atoms with Gasteiger partial charge >= 0.3 is 0 Å². The van der Waals surface area contributed by atoms with Crippen molar-refractivity contribution in [1.82, 2.24) is 5.32 Å². The van der Waals surface area contributed by atoms with E-state index in [1.54, 1.807) is 19.2 Å². The van der Waals surface area contributed by atoms with Crippen LogP contribution in [0.15, 0.2) is 42.5 Å². The number of hydrogen-bond donors (Lipinski definition) is 2. The topological polar surface area (TPSA) is 76.4 Å². The van der Waals surface area contributed by atoms with E-state index >= 15 is 0 Å². The fourth-order valence-corrected chi connectivity index (χ4v) is 2.59. The Morgan fingerprint density at radius 1 is 1.25 bits per heavy atom. The monoisotopic (exact) mass is 345 g/mol. The van der Waals surface area contributed by atoms with Crippen LogP contribution in [-0.2, 0) is 0 Å². The van der Waals surface area contributed by atoms with Crippen LogP contribution >= 0.6 is 12.2 Å². The summed E-state index contributed by atoms with van der Waals surface area (Å²) in [6.07, 6.45) is 0. The van der Waals surface area contributed by atoms with Gasteiger partial charge in [-0.15, -0.1) is 0 Å². The molecule has 0 aromatic heterocycles. The van der Waals surface area contributed by atoms with E-state index in [0.29, 0.717) is 10.8 Å². The number of ether oxygens (including phenoxy) is 1. The number of methoxy groups -OCH3 is 1. The fourth-order valence-electron chi connectivity index (χ4n) is 2.30. The zero-order valence-electron chi connectivity index (χ0n) is 13.7. The van der Waals surface area contributed by atoms with Gasteiger partial charge in [-0.1, -0.05) is 17.7 Å².